The summed E-state index contributed by atoms with van der Waals surface area (Å²) in [7, 11) is -0.245. The Kier molecular flexibility index (Phi) is 18.6. The SMILES string of the molecule is C=C.C=CC1=C(C)C=C2CCP(Cc3cccc(F)c3CNC(C)Cl)C2(C)C1.C=O.CC.Cc1ccc(C)cc1. The van der Waals surface area contributed by atoms with Crippen molar-refractivity contribution in [3.8, 4) is 0 Å². The van der Waals surface area contributed by atoms with Crippen LogP contribution in [0.25, 0.3) is 0 Å². The number of allylic oxidation sites excluding steroid dienone is 5. The molecule has 40 heavy (non-hydrogen) atoms. The smallest absolute Gasteiger partial charge is 0.127 e. The highest BCUT2D eigenvalue weighted by atomic mass is 35.5. The molecule has 5 heteroatoms. The van der Waals surface area contributed by atoms with Crippen molar-refractivity contribution in [3.05, 3.63) is 119 Å². The average Bonchev–Trinajstić information content (AvgIpc) is 3.27. The van der Waals surface area contributed by atoms with Gasteiger partial charge in [-0.05, 0) is 75.6 Å². The lowest BCUT2D eigenvalue weighted by molar-refractivity contribution is -0.0980. The molecule has 3 unspecified atom stereocenters. The van der Waals surface area contributed by atoms with Gasteiger partial charge in [-0.2, -0.15) is 0 Å². The molecule has 1 saturated heterocycles. The maximum Gasteiger partial charge on any atom is 0.127 e. The lowest BCUT2D eigenvalue weighted by Gasteiger charge is -2.37. The zero-order chi connectivity index (χ0) is 30.9. The van der Waals surface area contributed by atoms with E-state index in [0.29, 0.717) is 6.54 Å². The van der Waals surface area contributed by atoms with Crippen molar-refractivity contribution in [1.29, 1.82) is 0 Å². The molecule has 2 aromatic carbocycles. The number of fused-ring (bicyclic) bond motifs is 1. The number of carbonyl (C=O) groups is 1. The molecule has 1 heterocycles. The van der Waals surface area contributed by atoms with E-state index in [1.807, 2.05) is 39.7 Å². The van der Waals surface area contributed by atoms with Gasteiger partial charge in [0.15, 0.2) is 0 Å². The van der Waals surface area contributed by atoms with Gasteiger partial charge in [-0.15, -0.1) is 24.8 Å². The number of carbonyl (C=O) groups excluding carboxylic acids is 1. The number of hydrogen-bond donors (Lipinski definition) is 1. The van der Waals surface area contributed by atoms with E-state index >= 15 is 0 Å². The van der Waals surface area contributed by atoms with Crippen LogP contribution in [-0.4, -0.2) is 23.6 Å². The van der Waals surface area contributed by atoms with E-state index < -0.39 is 0 Å². The lowest BCUT2D eigenvalue weighted by atomic mass is 9.83. The summed E-state index contributed by atoms with van der Waals surface area (Å²) in [5, 5.41) is 3.37. The van der Waals surface area contributed by atoms with Crippen molar-refractivity contribution in [2.75, 3.05) is 6.16 Å². The zero-order valence-electron chi connectivity index (χ0n) is 25.7. The fourth-order valence-electron chi connectivity index (χ4n) is 4.81. The third kappa shape index (κ3) is 10.9. The molecule has 2 nitrogen and oxygen atoms in total. The van der Waals surface area contributed by atoms with Gasteiger partial charge < -0.3 is 4.79 Å². The number of nitrogens with one attached hydrogen (secondary N) is 1. The van der Waals surface area contributed by atoms with Crippen LogP contribution in [0.4, 0.5) is 4.39 Å². The minimum Gasteiger partial charge on any atom is -0.307 e. The summed E-state index contributed by atoms with van der Waals surface area (Å²) in [4.78, 5) is 8.00. The molecule has 0 radical (unpaired) electrons. The van der Waals surface area contributed by atoms with Gasteiger partial charge in [0.25, 0.3) is 0 Å². The molecule has 1 aliphatic heterocycles. The van der Waals surface area contributed by atoms with E-state index in [4.69, 9.17) is 16.4 Å². The lowest BCUT2D eigenvalue weighted by Crippen LogP contribution is -2.25. The van der Waals surface area contributed by atoms with Gasteiger partial charge in [0.05, 0.1) is 5.50 Å². The van der Waals surface area contributed by atoms with Gasteiger partial charge in [0, 0.05) is 17.3 Å². The third-order valence-electron chi connectivity index (χ3n) is 7.07. The first-order chi connectivity index (χ1) is 19.1. The summed E-state index contributed by atoms with van der Waals surface area (Å²) in [6.45, 7) is 27.1. The second-order valence-electron chi connectivity index (χ2n) is 9.73. The Hall–Kier alpha value is -2.32. The fraction of sp³-hybridized carbons (Fsp3) is 0.400. The van der Waals surface area contributed by atoms with E-state index in [0.717, 1.165) is 23.7 Å². The van der Waals surface area contributed by atoms with E-state index in [1.54, 1.807) is 11.6 Å². The summed E-state index contributed by atoms with van der Waals surface area (Å²) in [6, 6.07) is 14.0. The Labute approximate surface area is 250 Å². The van der Waals surface area contributed by atoms with Gasteiger partial charge in [0.1, 0.15) is 12.6 Å². The summed E-state index contributed by atoms with van der Waals surface area (Å²) < 4.78 is 14.5. The standard InChI is InChI=1S/C22H28ClFNP.C8H10.C2H6.C2H4.CH2O/c1-5-17-12-22(4)19(11-15(17)2)9-10-26(22)14-18-7-6-8-21(24)20(18)13-25-16(3)23;1-7-3-5-8(2)6-4-7;3*1-2/h5-8,11,16,25H,1,9-10,12-14H2,2-4H3;3-6H,1-2H3;1-2H3;1-2H2;1H2. The zero-order valence-corrected chi connectivity index (χ0v) is 27.4. The quantitative estimate of drug-likeness (QED) is 0.158. The molecule has 0 aromatic heterocycles. The predicted molar refractivity (Wildman–Crippen MR) is 178 cm³/mol. The number of halogens is 2. The van der Waals surface area contributed by atoms with Crippen LogP contribution >= 0.6 is 19.5 Å². The second-order valence-corrected chi connectivity index (χ2v) is 13.2. The Balaban J connectivity index is 0.000000908. The first kappa shape index (κ1) is 37.7. The summed E-state index contributed by atoms with van der Waals surface area (Å²) >= 11 is 6.01. The molecule has 4 rings (SSSR count). The fourth-order valence-corrected chi connectivity index (χ4v) is 8.09. The van der Waals surface area contributed by atoms with Crippen LogP contribution in [-0.2, 0) is 17.5 Å². The van der Waals surface area contributed by atoms with E-state index in [9.17, 15) is 4.39 Å². The Morgan fingerprint density at radius 2 is 1.62 bits per heavy atom. The maximum atomic E-state index is 14.5. The highest BCUT2D eigenvalue weighted by molar-refractivity contribution is 7.59. The van der Waals surface area contributed by atoms with Gasteiger partial charge in [-0.1, -0.05) is 101 Å². The number of benzene rings is 2. The van der Waals surface area contributed by atoms with E-state index in [1.165, 1.54) is 34.9 Å². The highest BCUT2D eigenvalue weighted by Gasteiger charge is 2.44. The average molecular weight is 586 g/mol. The first-order valence-corrected chi connectivity index (χ1v) is 16.0. The molecular weight excluding hydrogens is 536 g/mol. The predicted octanol–water partition coefficient (Wildman–Crippen LogP) is 10.4. The monoisotopic (exact) mass is 585 g/mol. The Morgan fingerprint density at radius 3 is 2.12 bits per heavy atom. The molecule has 3 atom stereocenters. The maximum absolute atomic E-state index is 14.5. The Morgan fingerprint density at radius 1 is 1.07 bits per heavy atom. The van der Waals surface area contributed by atoms with Crippen molar-refractivity contribution in [3.63, 3.8) is 0 Å². The van der Waals surface area contributed by atoms with Crippen molar-refractivity contribution in [1.82, 2.24) is 5.32 Å². The van der Waals surface area contributed by atoms with Crippen LogP contribution in [0, 0.1) is 19.7 Å². The van der Waals surface area contributed by atoms with Crippen LogP contribution < -0.4 is 5.32 Å². The molecular formula is C35H50ClFNOP. The Bertz CT molecular complexity index is 1090. The molecule has 1 aliphatic carbocycles. The van der Waals surface area contributed by atoms with E-state index in [-0.39, 0.29) is 24.4 Å². The van der Waals surface area contributed by atoms with Crippen LogP contribution in [0.5, 0.6) is 0 Å². The van der Waals surface area contributed by atoms with Crippen LogP contribution in [0.15, 0.2) is 91.1 Å². The van der Waals surface area contributed by atoms with Gasteiger partial charge in [-0.25, -0.2) is 4.39 Å². The molecule has 220 valence electrons. The van der Waals surface area contributed by atoms with Crippen LogP contribution in [0.2, 0.25) is 0 Å². The normalized spacial score (nSPS) is 19.4. The topological polar surface area (TPSA) is 29.1 Å². The molecule has 0 amide bonds. The molecule has 0 spiro atoms. The largest absolute Gasteiger partial charge is 0.307 e. The van der Waals surface area contributed by atoms with Gasteiger partial charge in [0.2, 0.25) is 0 Å². The summed E-state index contributed by atoms with van der Waals surface area (Å²) in [5.74, 6) is -0.131. The summed E-state index contributed by atoms with van der Waals surface area (Å²) in [5.41, 5.74) is 8.69. The number of rotatable bonds is 6. The molecule has 2 aliphatic rings. The molecule has 1 N–H and O–H groups in total. The number of hydrogen-bond acceptors (Lipinski definition) is 2. The van der Waals surface area contributed by atoms with E-state index in [2.05, 4.69) is 89.2 Å². The number of alkyl halides is 1. The first-order valence-electron chi connectivity index (χ1n) is 13.9. The molecule has 0 saturated carbocycles. The van der Waals surface area contributed by atoms with Crippen molar-refractivity contribution in [2.45, 2.75) is 84.7 Å². The molecule has 0 bridgehead atoms. The summed E-state index contributed by atoms with van der Waals surface area (Å²) in [6.07, 6.45) is 8.83. The van der Waals surface area contributed by atoms with Crippen molar-refractivity contribution in [2.24, 2.45) is 0 Å². The highest BCUT2D eigenvalue weighted by Crippen LogP contribution is 2.66. The van der Waals surface area contributed by atoms with Crippen LogP contribution in [0.3, 0.4) is 0 Å². The van der Waals surface area contributed by atoms with Crippen LogP contribution in [0.1, 0.15) is 69.7 Å². The minimum atomic E-state index is -0.245. The number of aryl methyl sites for hydroxylation is 2. The van der Waals surface area contributed by atoms with Crippen molar-refractivity contribution >= 4 is 26.3 Å². The van der Waals surface area contributed by atoms with Gasteiger partial charge in [-0.3, -0.25) is 5.32 Å². The van der Waals surface area contributed by atoms with Crippen molar-refractivity contribution < 1.29 is 9.18 Å². The van der Waals surface area contributed by atoms with Gasteiger partial charge >= 0.3 is 0 Å². The molecule has 1 fully saturated rings. The second kappa shape index (κ2) is 19.7. The molecule has 2 aromatic rings. The third-order valence-corrected chi connectivity index (χ3v) is 10.6. The minimum absolute atomic E-state index is 0.131.